The van der Waals surface area contributed by atoms with Crippen LogP contribution in [0.2, 0.25) is 92.1 Å². The fraction of sp³-hybridized carbons (Fsp3) is 0.443. The minimum atomic E-state index is -1.11. The van der Waals surface area contributed by atoms with Gasteiger partial charge in [0.25, 0.3) is 0 Å². The highest BCUT2D eigenvalue weighted by atomic mass is 127. The first-order chi connectivity index (χ1) is 66.8. The minimum Gasteiger partial charge on any atom is -0.396 e. The Morgan fingerprint density at radius 1 is 0.432 bits per heavy atom. The maximum Gasteiger partial charge on any atom is 0.247 e. The zero-order valence-corrected chi connectivity index (χ0v) is 91.1. The summed E-state index contributed by atoms with van der Waals surface area (Å²) in [6.45, 7) is 31.6. The van der Waals surface area contributed by atoms with Crippen LogP contribution in [-0.2, 0) is 57.2 Å². The standard InChI is InChI=1S/C27H33ClN8O.C27H36ClN7O2Si.C15H21BrN6OSi.C13H17ClO.C9H19N3OSi.C6H3BrIN3/c28-22-5-3-21(4-6-22)27(19-37)9-14-34(15-10-27)24-2-1-13-36-25(24)32-26(33-36)31-23-16-30-35(18-23)17-20-7-11-29-12-8-20;1-38(2,3)16-15-37-20-34-18-23(17-29-34)30-26-31-25-24(5-4-12-35(25)32-26)33-13-10-27(19-36,11-14-33)21-6-8-22(28)9-7-21;1-24(2,3)8-7-23-11-21-10-12(9-17-21)18-15-19-14-13(16)5-4-6-22(14)20-15;14-12-6-4-11(5-7-12)13(10-15)8-2-1-3-9-13;1-14(2,3)5-4-13-8-12-7-9(10)6-11-12;7-4-2-1-3-11-5(4)9-6(8)10-11/h1-6,13,16,18,20,29,37H,7-12,14-15,17,19H2,(H,31,33);4-9,12,17-18,36H,10-11,13-16,19-20H2,1-3H3,(H,30,32);4-6,9-10H,7-8,11H2,1-3H3,(H,18,20);4-7,15H,1-3,8-10H2;6-7H,4-5,8,10H2,1-3H3;1-3H. The van der Waals surface area contributed by atoms with E-state index in [0.29, 0.717) is 59.7 Å². The van der Waals surface area contributed by atoms with Crippen molar-refractivity contribution in [2.75, 3.05) is 110 Å². The number of nitrogen functional groups attached to an aromatic ring is 1. The Bertz CT molecular complexity index is 6350. The van der Waals surface area contributed by atoms with Crippen LogP contribution in [0, 0.1) is 9.75 Å². The van der Waals surface area contributed by atoms with Gasteiger partial charge < -0.3 is 66.3 Å². The maximum atomic E-state index is 10.3. The zero-order valence-electron chi connectivity index (χ0n) is 80.5. The highest BCUT2D eigenvalue weighted by Crippen LogP contribution is 2.43. The number of pyridine rings is 4. The Hall–Kier alpha value is -9.29. The van der Waals surface area contributed by atoms with Gasteiger partial charge in [-0.3, -0.25) is 4.68 Å². The molecule has 3 saturated heterocycles. The maximum absolute atomic E-state index is 10.3. The molecular formula is C97H129Br2Cl3IN27O6Si3. The SMILES string of the molecule is Brc1cccn2nc(I)nc12.C[Si](C)(C)CCOCn1cc(N)cn1.C[Si](C)(C)CCOCn1cc(Nc2nc3c(Br)cccn3n2)cn1.C[Si](C)(C)CCOCn1cc(Nc2nc3c(N4CCC(CO)(c5ccc(Cl)cc5)CC4)cccn3n2)cn1.OCC1(c2ccc(Cl)cc2)CCCCC1.OCC1(c2ccc(Cl)cc2)CCN(c2cccn3nc(Nc4cnn(CC5CCNCC5)c4)nc23)CC1. The molecule has 0 spiro atoms. The number of nitrogens with two attached hydrogens (primary N) is 1. The van der Waals surface area contributed by atoms with Crippen LogP contribution >= 0.6 is 89.3 Å². The Morgan fingerprint density at radius 2 is 0.770 bits per heavy atom. The number of rotatable bonds is 31. The fourth-order valence-electron chi connectivity index (χ4n) is 17.1. The summed E-state index contributed by atoms with van der Waals surface area (Å²) in [5.41, 5.74) is 17.1. The van der Waals surface area contributed by atoms with Crippen molar-refractivity contribution in [1.29, 1.82) is 0 Å². The Labute approximate surface area is 860 Å². The van der Waals surface area contributed by atoms with Crippen LogP contribution in [0.15, 0.2) is 205 Å². The smallest absolute Gasteiger partial charge is 0.247 e. The second-order valence-corrected chi connectivity index (χ2v) is 60.4. The lowest BCUT2D eigenvalue weighted by atomic mass is 9.70. The van der Waals surface area contributed by atoms with Crippen molar-refractivity contribution in [1.82, 2.24) is 103 Å². The van der Waals surface area contributed by atoms with E-state index in [9.17, 15) is 15.3 Å². The first-order valence-corrected chi connectivity index (χ1v) is 62.3. The molecule has 3 aliphatic heterocycles. The zero-order chi connectivity index (χ0) is 98.3. The van der Waals surface area contributed by atoms with Gasteiger partial charge in [-0.2, -0.15) is 35.3 Å². The molecule has 0 unspecified atom stereocenters. The van der Waals surface area contributed by atoms with E-state index in [1.807, 2.05) is 156 Å². The van der Waals surface area contributed by atoms with Crippen LogP contribution in [0.1, 0.15) is 87.3 Å². The number of aliphatic hydroxyl groups excluding tert-OH is 3. The fourth-order valence-corrected chi connectivity index (χ4v) is 21.0. The summed E-state index contributed by atoms with van der Waals surface area (Å²) in [4.78, 5) is 22.9. The van der Waals surface area contributed by atoms with E-state index < -0.39 is 24.2 Å². The number of halogens is 6. The van der Waals surface area contributed by atoms with Crippen LogP contribution < -0.4 is 36.8 Å². The van der Waals surface area contributed by atoms with E-state index in [0.717, 1.165) is 196 Å². The highest BCUT2D eigenvalue weighted by molar-refractivity contribution is 14.1. The number of piperidine rings is 3. The number of benzene rings is 3. The molecule has 0 atom stereocenters. The summed E-state index contributed by atoms with van der Waals surface area (Å²) >= 11 is 27.0. The number of ether oxygens (including phenoxy) is 3. The Balaban J connectivity index is 0.000000141. The van der Waals surface area contributed by atoms with Crippen LogP contribution in [-0.4, -0.2) is 216 Å². The molecule has 4 fully saturated rings. The van der Waals surface area contributed by atoms with Crippen LogP contribution in [0.5, 0.6) is 0 Å². The highest BCUT2D eigenvalue weighted by Gasteiger charge is 2.39. The summed E-state index contributed by atoms with van der Waals surface area (Å²) in [5.74, 6) is 2.26. The van der Waals surface area contributed by atoms with Crippen molar-refractivity contribution in [2.45, 2.75) is 191 Å². The molecule has 33 nitrogen and oxygen atoms in total. The third-order valence-electron chi connectivity index (χ3n) is 25.4. The van der Waals surface area contributed by atoms with E-state index >= 15 is 0 Å². The molecule has 1 saturated carbocycles. The monoisotopic (exact) mass is 2240 g/mol. The van der Waals surface area contributed by atoms with Gasteiger partial charge in [-0.05, 0) is 222 Å². The molecular weight excluding hydrogens is 2120 g/mol. The molecule has 0 radical (unpaired) electrons. The van der Waals surface area contributed by atoms with Crippen molar-refractivity contribution in [3.05, 3.63) is 240 Å². The quantitative estimate of drug-likeness (QED) is 0.0114. The third kappa shape index (κ3) is 30.2. The van der Waals surface area contributed by atoms with Gasteiger partial charge in [0.2, 0.25) is 21.7 Å². The van der Waals surface area contributed by atoms with Crippen molar-refractivity contribution >= 4 is 188 Å². The molecule has 15 aromatic rings. The normalized spacial score (nSPS) is 15.5. The summed E-state index contributed by atoms with van der Waals surface area (Å²) in [5, 5.41) is 80.7. The van der Waals surface area contributed by atoms with Gasteiger partial charge in [0.1, 0.15) is 20.2 Å². The van der Waals surface area contributed by atoms with E-state index in [1.165, 1.54) is 43.7 Å². The van der Waals surface area contributed by atoms with Crippen molar-refractivity contribution in [3.63, 3.8) is 0 Å². The molecule has 742 valence electrons. The number of hydrogen-bond donors (Lipinski definition) is 8. The molecule has 4 aliphatic rings. The largest absolute Gasteiger partial charge is 0.396 e. The van der Waals surface area contributed by atoms with Crippen molar-refractivity contribution in [2.24, 2.45) is 5.92 Å². The lowest BCUT2D eigenvalue weighted by Crippen LogP contribution is -2.45. The summed E-state index contributed by atoms with van der Waals surface area (Å²) in [6.07, 6.45) is 33.8. The predicted octanol–water partition coefficient (Wildman–Crippen LogP) is 20.2. The van der Waals surface area contributed by atoms with Crippen LogP contribution in [0.4, 0.5) is 52.0 Å². The summed E-state index contributed by atoms with van der Waals surface area (Å²) < 4.78 is 33.9. The lowest BCUT2D eigenvalue weighted by molar-refractivity contribution is 0.0785. The molecule has 1 aliphatic carbocycles. The molecule has 12 aromatic heterocycles. The first-order valence-electron chi connectivity index (χ1n) is 47.4. The molecule has 0 amide bonds. The van der Waals surface area contributed by atoms with Gasteiger partial charge in [0, 0.05) is 162 Å². The van der Waals surface area contributed by atoms with Crippen LogP contribution in [0.25, 0.3) is 22.6 Å². The summed E-state index contributed by atoms with van der Waals surface area (Å²) in [6, 6.07) is 43.1. The van der Waals surface area contributed by atoms with E-state index in [1.54, 1.807) is 52.4 Å². The molecule has 3 aromatic carbocycles. The lowest BCUT2D eigenvalue weighted by Gasteiger charge is -2.42. The van der Waals surface area contributed by atoms with E-state index in [-0.39, 0.29) is 36.1 Å². The van der Waals surface area contributed by atoms with Crippen molar-refractivity contribution in [3.8, 4) is 0 Å². The average molecular weight is 2250 g/mol. The Morgan fingerprint density at radius 3 is 1.14 bits per heavy atom. The number of aromatic nitrogens is 20. The van der Waals surface area contributed by atoms with Crippen LogP contribution in [0.3, 0.4) is 0 Å². The molecule has 42 heteroatoms. The topological polar surface area (TPSA) is 361 Å². The first kappa shape index (κ1) is 106. The second-order valence-electron chi connectivity index (χ2n) is 39.5. The molecule has 19 rings (SSSR count). The second kappa shape index (κ2) is 49.1. The number of nitrogens with one attached hydrogen (secondary N) is 4. The van der Waals surface area contributed by atoms with E-state index in [4.69, 9.17) is 64.7 Å². The molecule has 0 bridgehead atoms. The molecule has 139 heavy (non-hydrogen) atoms. The number of nitrogens with zero attached hydrogens (tertiary/aromatic N) is 22. The van der Waals surface area contributed by atoms with Crippen molar-refractivity contribution < 1.29 is 29.5 Å². The number of aliphatic hydroxyl groups is 3. The Kier molecular flexibility index (Phi) is 37.3. The summed E-state index contributed by atoms with van der Waals surface area (Å²) in [7, 11) is -3.13. The molecule has 15 heterocycles. The van der Waals surface area contributed by atoms with E-state index in [2.05, 4.69) is 219 Å². The van der Waals surface area contributed by atoms with Gasteiger partial charge in [0.05, 0.1) is 106 Å². The average Bonchev–Trinajstić information content (AvgIpc) is 1.73. The van der Waals surface area contributed by atoms with Gasteiger partial charge in [0.15, 0.2) is 22.6 Å². The van der Waals surface area contributed by atoms with Gasteiger partial charge >= 0.3 is 0 Å². The predicted molar refractivity (Wildman–Crippen MR) is 578 cm³/mol. The van der Waals surface area contributed by atoms with Gasteiger partial charge in [-0.15, -0.1) is 20.4 Å². The molecule has 9 N–H and O–H groups in total. The van der Waals surface area contributed by atoms with Gasteiger partial charge in [-0.1, -0.05) is 149 Å². The number of fused-ring (bicyclic) bond motifs is 4. The minimum absolute atomic E-state index is 0.00282. The van der Waals surface area contributed by atoms with Gasteiger partial charge in [-0.25, -0.2) is 37.1 Å². The number of hydrogen-bond acceptors (Lipinski definition) is 25. The third-order valence-corrected chi connectivity index (χ3v) is 32.9. The number of anilines is 9.